The number of carbonyl (C=O) groups is 1. The number of aryl methyl sites for hydroxylation is 1. The van der Waals surface area contributed by atoms with E-state index in [1.54, 1.807) is 37.6 Å². The van der Waals surface area contributed by atoms with E-state index >= 15 is 0 Å². The number of nitrogens with one attached hydrogen (secondary N) is 1. The summed E-state index contributed by atoms with van der Waals surface area (Å²) in [6.45, 7) is 2.87. The van der Waals surface area contributed by atoms with Crippen molar-refractivity contribution in [3.63, 3.8) is 0 Å². The van der Waals surface area contributed by atoms with Gasteiger partial charge in [0, 0.05) is 5.56 Å². The van der Waals surface area contributed by atoms with Gasteiger partial charge in [-0.15, -0.1) is 0 Å². The van der Waals surface area contributed by atoms with E-state index in [9.17, 15) is 4.79 Å². The minimum Gasteiger partial charge on any atom is -0.493 e. The molecule has 0 saturated carbocycles. The van der Waals surface area contributed by atoms with Gasteiger partial charge < -0.3 is 18.9 Å². The van der Waals surface area contributed by atoms with Crippen molar-refractivity contribution in [3.8, 4) is 23.0 Å². The van der Waals surface area contributed by atoms with Crippen LogP contribution in [-0.4, -0.2) is 26.3 Å². The predicted molar refractivity (Wildman–Crippen MR) is 147 cm³/mol. The van der Waals surface area contributed by atoms with Gasteiger partial charge in [-0.05, 0) is 60.0 Å². The number of carbonyl (C=O) groups excluding carboxylic acids is 1. The van der Waals surface area contributed by atoms with Crippen LogP contribution in [0.3, 0.4) is 0 Å². The molecule has 0 radical (unpaired) electrons. The fraction of sp³-hybridized carbons (Fsp3) is 0.161. The third-order valence-corrected chi connectivity index (χ3v) is 5.75. The van der Waals surface area contributed by atoms with Crippen molar-refractivity contribution in [3.05, 3.63) is 119 Å². The quantitative estimate of drug-likeness (QED) is 0.200. The van der Waals surface area contributed by atoms with Crippen molar-refractivity contribution in [2.24, 2.45) is 5.10 Å². The number of methoxy groups -OCH3 is 2. The molecule has 0 aromatic heterocycles. The molecule has 1 amide bonds. The second kappa shape index (κ2) is 13.0. The Morgan fingerprint density at radius 3 is 2.00 bits per heavy atom. The zero-order valence-corrected chi connectivity index (χ0v) is 21.6. The van der Waals surface area contributed by atoms with Gasteiger partial charge >= 0.3 is 0 Å². The molecular formula is C31H30N2O5. The summed E-state index contributed by atoms with van der Waals surface area (Å²) >= 11 is 0. The molecule has 4 rings (SSSR count). The van der Waals surface area contributed by atoms with Crippen LogP contribution in [0.1, 0.15) is 32.6 Å². The third-order valence-electron chi connectivity index (χ3n) is 5.75. The standard InChI is InChI=1S/C31H30N2O5/c1-22-9-11-24(12-10-22)21-38-27-15-13-25(17-29(27)35-2)19-32-33-31(34)26-14-16-28(30(18-26)36-3)37-20-23-7-5-4-6-8-23/h4-19H,20-21H2,1-3H3,(H,33,34)/b32-19+. The van der Waals surface area contributed by atoms with Gasteiger partial charge in [0.1, 0.15) is 13.2 Å². The molecule has 4 aromatic rings. The summed E-state index contributed by atoms with van der Waals surface area (Å²) in [5.41, 5.74) is 6.98. The Morgan fingerprint density at radius 2 is 1.34 bits per heavy atom. The Morgan fingerprint density at radius 1 is 0.737 bits per heavy atom. The number of amides is 1. The summed E-state index contributed by atoms with van der Waals surface area (Å²) in [7, 11) is 3.11. The lowest BCUT2D eigenvalue weighted by molar-refractivity contribution is 0.0954. The second-order valence-corrected chi connectivity index (χ2v) is 8.52. The molecule has 0 aliphatic carbocycles. The van der Waals surface area contributed by atoms with E-state index in [0.717, 1.165) is 16.7 Å². The Kier molecular flexibility index (Phi) is 8.97. The summed E-state index contributed by atoms with van der Waals surface area (Å²) in [4.78, 5) is 12.6. The molecule has 194 valence electrons. The molecule has 7 heteroatoms. The predicted octanol–water partition coefficient (Wildman–Crippen LogP) is 5.93. The molecule has 1 N–H and O–H groups in total. The zero-order chi connectivity index (χ0) is 26.7. The van der Waals surface area contributed by atoms with E-state index in [1.807, 2.05) is 73.7 Å². The first-order valence-electron chi connectivity index (χ1n) is 12.1. The second-order valence-electron chi connectivity index (χ2n) is 8.52. The van der Waals surface area contributed by atoms with E-state index in [1.165, 1.54) is 12.7 Å². The van der Waals surface area contributed by atoms with Crippen molar-refractivity contribution in [1.82, 2.24) is 5.43 Å². The van der Waals surface area contributed by atoms with Gasteiger partial charge in [0.25, 0.3) is 5.91 Å². The summed E-state index contributed by atoms with van der Waals surface area (Å²) in [6.07, 6.45) is 1.54. The van der Waals surface area contributed by atoms with Gasteiger partial charge in [0.2, 0.25) is 0 Å². The first-order chi connectivity index (χ1) is 18.6. The van der Waals surface area contributed by atoms with Crippen molar-refractivity contribution >= 4 is 12.1 Å². The molecule has 0 saturated heterocycles. The van der Waals surface area contributed by atoms with Gasteiger partial charge in [-0.2, -0.15) is 5.10 Å². The van der Waals surface area contributed by atoms with Crippen molar-refractivity contribution in [1.29, 1.82) is 0 Å². The molecule has 0 aliphatic heterocycles. The van der Waals surface area contributed by atoms with Crippen molar-refractivity contribution in [2.45, 2.75) is 20.1 Å². The maximum Gasteiger partial charge on any atom is 0.271 e. The lowest BCUT2D eigenvalue weighted by Gasteiger charge is -2.12. The minimum absolute atomic E-state index is 0.376. The lowest BCUT2D eigenvalue weighted by Crippen LogP contribution is -2.17. The summed E-state index contributed by atoms with van der Waals surface area (Å²) in [6, 6.07) is 28.4. The number of hydrazone groups is 1. The molecule has 0 bridgehead atoms. The molecule has 0 aliphatic rings. The molecular weight excluding hydrogens is 480 g/mol. The van der Waals surface area contributed by atoms with Crippen molar-refractivity contribution < 1.29 is 23.7 Å². The highest BCUT2D eigenvalue weighted by molar-refractivity contribution is 5.95. The Balaban J connectivity index is 1.35. The average molecular weight is 511 g/mol. The minimum atomic E-state index is -0.376. The van der Waals surface area contributed by atoms with E-state index in [2.05, 4.69) is 10.5 Å². The van der Waals surface area contributed by atoms with Crippen LogP contribution in [-0.2, 0) is 13.2 Å². The molecule has 0 atom stereocenters. The van der Waals surface area contributed by atoms with Gasteiger partial charge in [0.15, 0.2) is 23.0 Å². The van der Waals surface area contributed by atoms with E-state index in [-0.39, 0.29) is 5.91 Å². The Labute approximate surface area is 222 Å². The fourth-order valence-corrected chi connectivity index (χ4v) is 3.62. The summed E-state index contributed by atoms with van der Waals surface area (Å²) in [5, 5.41) is 4.09. The largest absolute Gasteiger partial charge is 0.493 e. The normalized spacial score (nSPS) is 10.7. The van der Waals surface area contributed by atoms with Gasteiger partial charge in [-0.3, -0.25) is 4.79 Å². The number of nitrogens with zero attached hydrogens (tertiary/aromatic N) is 1. The first kappa shape index (κ1) is 26.3. The number of benzene rings is 4. The Hall–Kier alpha value is -4.78. The molecule has 4 aromatic carbocycles. The van der Waals surface area contributed by atoms with Gasteiger partial charge in [-0.25, -0.2) is 5.43 Å². The number of rotatable bonds is 11. The maximum atomic E-state index is 12.6. The van der Waals surface area contributed by atoms with E-state index in [4.69, 9.17) is 18.9 Å². The van der Waals surface area contributed by atoms with Gasteiger partial charge in [-0.1, -0.05) is 60.2 Å². The molecule has 38 heavy (non-hydrogen) atoms. The topological polar surface area (TPSA) is 78.4 Å². The highest BCUT2D eigenvalue weighted by Crippen LogP contribution is 2.30. The molecule has 7 nitrogen and oxygen atoms in total. The Bertz CT molecular complexity index is 1390. The zero-order valence-electron chi connectivity index (χ0n) is 21.6. The van der Waals surface area contributed by atoms with Crippen LogP contribution in [0.5, 0.6) is 23.0 Å². The molecule has 0 unspecified atom stereocenters. The van der Waals surface area contributed by atoms with Crippen LogP contribution in [0.2, 0.25) is 0 Å². The summed E-state index contributed by atoms with van der Waals surface area (Å²) in [5.74, 6) is 1.83. The lowest BCUT2D eigenvalue weighted by atomic mass is 10.2. The third kappa shape index (κ3) is 7.13. The van der Waals surface area contributed by atoms with E-state index in [0.29, 0.717) is 41.8 Å². The smallest absolute Gasteiger partial charge is 0.271 e. The summed E-state index contributed by atoms with van der Waals surface area (Å²) < 4.78 is 22.7. The van der Waals surface area contributed by atoms with Crippen LogP contribution in [0, 0.1) is 6.92 Å². The average Bonchev–Trinajstić information content (AvgIpc) is 2.96. The van der Waals surface area contributed by atoms with Gasteiger partial charge in [0.05, 0.1) is 20.4 Å². The van der Waals surface area contributed by atoms with Crippen LogP contribution in [0.4, 0.5) is 0 Å². The van der Waals surface area contributed by atoms with Crippen LogP contribution < -0.4 is 24.4 Å². The van der Waals surface area contributed by atoms with Crippen LogP contribution in [0.25, 0.3) is 0 Å². The SMILES string of the molecule is COc1cc(/C=N/NC(=O)c2ccc(OCc3ccccc3)c(OC)c2)ccc1OCc1ccc(C)cc1. The van der Waals surface area contributed by atoms with Crippen LogP contribution in [0.15, 0.2) is 96.1 Å². The number of hydrogen-bond acceptors (Lipinski definition) is 6. The molecule has 0 fully saturated rings. The first-order valence-corrected chi connectivity index (χ1v) is 12.1. The fourth-order valence-electron chi connectivity index (χ4n) is 3.62. The number of ether oxygens (including phenoxy) is 4. The maximum absolute atomic E-state index is 12.6. The molecule has 0 heterocycles. The highest BCUT2D eigenvalue weighted by Gasteiger charge is 2.11. The molecule has 0 spiro atoms. The van der Waals surface area contributed by atoms with E-state index < -0.39 is 0 Å². The highest BCUT2D eigenvalue weighted by atomic mass is 16.5. The van der Waals surface area contributed by atoms with Crippen LogP contribution >= 0.6 is 0 Å². The monoisotopic (exact) mass is 510 g/mol. The number of hydrogen-bond donors (Lipinski definition) is 1. The van der Waals surface area contributed by atoms with Crippen molar-refractivity contribution in [2.75, 3.05) is 14.2 Å².